The van der Waals surface area contributed by atoms with Gasteiger partial charge in [0.1, 0.15) is 5.75 Å². The van der Waals surface area contributed by atoms with Crippen molar-refractivity contribution in [2.75, 3.05) is 13.1 Å². The maximum absolute atomic E-state index is 12.6. The van der Waals surface area contributed by atoms with Crippen LogP contribution < -0.4 is 10.1 Å². The summed E-state index contributed by atoms with van der Waals surface area (Å²) in [6.07, 6.45) is 4.09. The lowest BCUT2D eigenvalue weighted by molar-refractivity contribution is -0.128. The van der Waals surface area contributed by atoms with E-state index in [0.717, 1.165) is 24.0 Å². The van der Waals surface area contributed by atoms with E-state index in [0.29, 0.717) is 24.4 Å². The van der Waals surface area contributed by atoms with Crippen molar-refractivity contribution in [3.8, 4) is 16.9 Å². The second-order valence-electron chi connectivity index (χ2n) is 7.96. The van der Waals surface area contributed by atoms with Gasteiger partial charge in [-0.3, -0.25) is 14.6 Å². The molecule has 3 aromatic rings. The van der Waals surface area contributed by atoms with Crippen LogP contribution in [0, 0.1) is 0 Å². The molecule has 1 aliphatic rings. The van der Waals surface area contributed by atoms with Crippen molar-refractivity contribution in [3.63, 3.8) is 0 Å². The molecule has 0 aliphatic carbocycles. The Balaban J connectivity index is 1.25. The molecule has 2 heterocycles. The molecule has 0 radical (unpaired) electrons. The van der Waals surface area contributed by atoms with Gasteiger partial charge in [-0.05, 0) is 55.2 Å². The Morgan fingerprint density at radius 1 is 0.938 bits per heavy atom. The molecular formula is C26H27N3O3. The fourth-order valence-corrected chi connectivity index (χ4v) is 3.84. The SMILES string of the molecule is CC(Oc1ccc(-c2ccccc2)cc1)C(=O)NC1CCN(C(=O)c2ccncc2)CC1. The molecule has 1 unspecified atom stereocenters. The first-order valence-corrected chi connectivity index (χ1v) is 10.9. The average Bonchev–Trinajstić information content (AvgIpc) is 2.85. The summed E-state index contributed by atoms with van der Waals surface area (Å²) in [6, 6.07) is 21.4. The van der Waals surface area contributed by atoms with Crippen molar-refractivity contribution >= 4 is 11.8 Å². The maximum atomic E-state index is 12.6. The highest BCUT2D eigenvalue weighted by Gasteiger charge is 2.26. The van der Waals surface area contributed by atoms with Gasteiger partial charge in [-0.2, -0.15) is 0 Å². The predicted molar refractivity (Wildman–Crippen MR) is 123 cm³/mol. The van der Waals surface area contributed by atoms with Gasteiger partial charge < -0.3 is 15.0 Å². The topological polar surface area (TPSA) is 71.5 Å². The fourth-order valence-electron chi connectivity index (χ4n) is 3.84. The highest BCUT2D eigenvalue weighted by Crippen LogP contribution is 2.23. The third-order valence-corrected chi connectivity index (χ3v) is 5.70. The Kier molecular flexibility index (Phi) is 6.80. The number of hydrogen-bond acceptors (Lipinski definition) is 4. The van der Waals surface area contributed by atoms with Crippen LogP contribution in [0.1, 0.15) is 30.1 Å². The van der Waals surface area contributed by atoms with Crippen LogP contribution in [0.2, 0.25) is 0 Å². The summed E-state index contributed by atoms with van der Waals surface area (Å²) in [5, 5.41) is 3.06. The molecule has 0 saturated carbocycles. The number of pyridine rings is 1. The largest absolute Gasteiger partial charge is 0.481 e. The van der Waals surface area contributed by atoms with E-state index in [4.69, 9.17) is 4.74 Å². The van der Waals surface area contributed by atoms with Crippen molar-refractivity contribution in [2.45, 2.75) is 31.9 Å². The first-order valence-electron chi connectivity index (χ1n) is 10.9. The fraction of sp³-hybridized carbons (Fsp3) is 0.269. The van der Waals surface area contributed by atoms with Crippen LogP contribution in [-0.2, 0) is 4.79 Å². The lowest BCUT2D eigenvalue weighted by Gasteiger charge is -2.33. The van der Waals surface area contributed by atoms with Gasteiger partial charge in [0.05, 0.1) is 0 Å². The number of carbonyl (C=O) groups excluding carboxylic acids is 2. The monoisotopic (exact) mass is 429 g/mol. The molecule has 1 saturated heterocycles. The molecule has 1 aromatic heterocycles. The number of nitrogens with one attached hydrogen (secondary N) is 1. The zero-order valence-electron chi connectivity index (χ0n) is 18.1. The number of rotatable bonds is 6. The molecule has 2 aromatic carbocycles. The van der Waals surface area contributed by atoms with Crippen LogP contribution in [0.4, 0.5) is 0 Å². The van der Waals surface area contributed by atoms with E-state index in [-0.39, 0.29) is 17.9 Å². The van der Waals surface area contributed by atoms with Crippen LogP contribution in [0.15, 0.2) is 79.1 Å². The molecule has 32 heavy (non-hydrogen) atoms. The summed E-state index contributed by atoms with van der Waals surface area (Å²) < 4.78 is 5.84. The van der Waals surface area contributed by atoms with Gasteiger partial charge in [-0.1, -0.05) is 42.5 Å². The lowest BCUT2D eigenvalue weighted by Crippen LogP contribution is -2.49. The Bertz CT molecular complexity index is 1030. The average molecular weight is 430 g/mol. The summed E-state index contributed by atoms with van der Waals surface area (Å²) >= 11 is 0. The van der Waals surface area contributed by atoms with Crippen molar-refractivity contribution in [1.29, 1.82) is 0 Å². The van der Waals surface area contributed by atoms with Crippen molar-refractivity contribution < 1.29 is 14.3 Å². The quantitative estimate of drug-likeness (QED) is 0.644. The van der Waals surface area contributed by atoms with Gasteiger partial charge in [0.25, 0.3) is 11.8 Å². The van der Waals surface area contributed by atoms with Gasteiger partial charge in [-0.25, -0.2) is 0 Å². The smallest absolute Gasteiger partial charge is 0.260 e. The van der Waals surface area contributed by atoms with Crippen LogP contribution in [0.5, 0.6) is 5.75 Å². The van der Waals surface area contributed by atoms with Crippen LogP contribution in [0.3, 0.4) is 0 Å². The number of likely N-dealkylation sites (tertiary alicyclic amines) is 1. The minimum Gasteiger partial charge on any atom is -0.481 e. The van der Waals surface area contributed by atoms with E-state index >= 15 is 0 Å². The molecule has 0 bridgehead atoms. The minimum atomic E-state index is -0.603. The number of hydrogen-bond donors (Lipinski definition) is 1. The summed E-state index contributed by atoms with van der Waals surface area (Å²) in [5.41, 5.74) is 2.88. The number of carbonyl (C=O) groups is 2. The Labute approximate surface area is 188 Å². The summed E-state index contributed by atoms with van der Waals surface area (Å²) in [4.78, 5) is 30.9. The number of nitrogens with zero attached hydrogens (tertiary/aromatic N) is 2. The van der Waals surface area contributed by atoms with Crippen molar-refractivity contribution in [2.24, 2.45) is 0 Å². The molecule has 4 rings (SSSR count). The van der Waals surface area contributed by atoms with Gasteiger partial charge in [0.2, 0.25) is 0 Å². The summed E-state index contributed by atoms with van der Waals surface area (Å²) in [6.45, 7) is 2.98. The number of ether oxygens (including phenoxy) is 1. The van der Waals surface area contributed by atoms with Gasteiger partial charge >= 0.3 is 0 Å². The van der Waals surface area contributed by atoms with E-state index < -0.39 is 6.10 Å². The Morgan fingerprint density at radius 3 is 2.22 bits per heavy atom. The predicted octanol–water partition coefficient (Wildman–Crippen LogP) is 3.94. The number of benzene rings is 2. The molecular weight excluding hydrogens is 402 g/mol. The number of aromatic nitrogens is 1. The first kappa shape index (κ1) is 21.6. The molecule has 1 fully saturated rings. The molecule has 0 spiro atoms. The molecule has 1 N–H and O–H groups in total. The van der Waals surface area contributed by atoms with Gasteiger partial charge in [0, 0.05) is 37.1 Å². The molecule has 1 atom stereocenters. The summed E-state index contributed by atoms with van der Waals surface area (Å²) in [7, 11) is 0. The third-order valence-electron chi connectivity index (χ3n) is 5.70. The maximum Gasteiger partial charge on any atom is 0.260 e. The summed E-state index contributed by atoms with van der Waals surface area (Å²) in [5.74, 6) is 0.522. The standard InChI is InChI=1S/C26H27N3O3/c1-19(32-24-9-7-21(8-10-24)20-5-3-2-4-6-20)25(30)28-23-13-17-29(18-14-23)26(31)22-11-15-27-16-12-22/h2-12,15-16,19,23H,13-14,17-18H2,1H3,(H,28,30). The van der Waals surface area contributed by atoms with Gasteiger partial charge in [-0.15, -0.1) is 0 Å². The van der Waals surface area contributed by atoms with E-state index in [1.54, 1.807) is 31.5 Å². The molecule has 1 aliphatic heterocycles. The molecule has 6 heteroatoms. The molecule has 2 amide bonds. The zero-order valence-corrected chi connectivity index (χ0v) is 18.1. The van der Waals surface area contributed by atoms with Crippen LogP contribution in [-0.4, -0.2) is 46.9 Å². The molecule has 6 nitrogen and oxygen atoms in total. The lowest BCUT2D eigenvalue weighted by atomic mass is 10.0. The van der Waals surface area contributed by atoms with Crippen molar-refractivity contribution in [3.05, 3.63) is 84.7 Å². The normalized spacial score (nSPS) is 15.1. The molecule has 164 valence electrons. The second-order valence-corrected chi connectivity index (χ2v) is 7.96. The van der Waals surface area contributed by atoms with E-state index in [1.165, 1.54) is 0 Å². The Hall–Kier alpha value is -3.67. The number of piperidine rings is 1. The zero-order chi connectivity index (χ0) is 22.3. The van der Waals surface area contributed by atoms with E-state index in [2.05, 4.69) is 22.4 Å². The van der Waals surface area contributed by atoms with Crippen LogP contribution in [0.25, 0.3) is 11.1 Å². The van der Waals surface area contributed by atoms with Crippen molar-refractivity contribution in [1.82, 2.24) is 15.2 Å². The van der Waals surface area contributed by atoms with E-state index in [9.17, 15) is 9.59 Å². The third kappa shape index (κ3) is 5.32. The Morgan fingerprint density at radius 2 is 1.56 bits per heavy atom. The second kappa shape index (κ2) is 10.1. The van der Waals surface area contributed by atoms with Crippen LogP contribution >= 0.6 is 0 Å². The highest BCUT2D eigenvalue weighted by atomic mass is 16.5. The first-order chi connectivity index (χ1) is 15.6. The van der Waals surface area contributed by atoms with Gasteiger partial charge in [0.15, 0.2) is 6.10 Å². The highest BCUT2D eigenvalue weighted by molar-refractivity contribution is 5.94. The van der Waals surface area contributed by atoms with E-state index in [1.807, 2.05) is 47.4 Å². The number of amides is 2. The minimum absolute atomic E-state index is 0.00725.